The molecule has 0 spiro atoms. The lowest BCUT2D eigenvalue weighted by Gasteiger charge is -2.16. The van der Waals surface area contributed by atoms with Gasteiger partial charge in [0.15, 0.2) is 0 Å². The molecule has 0 aromatic heterocycles. The quantitative estimate of drug-likeness (QED) is 0.850. The Morgan fingerprint density at radius 3 is 2.89 bits per heavy atom. The number of rotatable bonds is 4. The fourth-order valence-corrected chi connectivity index (χ4v) is 4.38. The summed E-state index contributed by atoms with van der Waals surface area (Å²) in [7, 11) is -3.04. The highest BCUT2D eigenvalue weighted by atomic mass is 79.9. The fourth-order valence-electron chi connectivity index (χ4n) is 2.40. The van der Waals surface area contributed by atoms with Crippen LogP contribution in [0.3, 0.4) is 0 Å². The lowest BCUT2D eigenvalue weighted by Crippen LogP contribution is -2.30. The Balaban J connectivity index is 2.09. The van der Waals surface area contributed by atoms with Crippen LogP contribution >= 0.6 is 15.9 Å². The van der Waals surface area contributed by atoms with Crippen molar-refractivity contribution in [2.45, 2.75) is 25.7 Å². The highest BCUT2D eigenvalue weighted by Gasteiger charge is 2.31. The molecule has 1 aliphatic heterocycles. The average molecular weight is 332 g/mol. The summed E-state index contributed by atoms with van der Waals surface area (Å²) in [6, 6.07) is 8.15. The molecule has 1 aromatic rings. The summed E-state index contributed by atoms with van der Waals surface area (Å²) < 4.78 is 26.7. The van der Waals surface area contributed by atoms with Crippen LogP contribution in [0.1, 0.15) is 31.2 Å². The molecule has 1 saturated heterocycles. The molecule has 1 atom stereocenters. The summed E-state index contributed by atoms with van der Waals surface area (Å²) in [5.74, 6) is 0.590. The van der Waals surface area contributed by atoms with Crippen LogP contribution < -0.4 is 0 Å². The van der Waals surface area contributed by atoms with Gasteiger partial charge in [-0.1, -0.05) is 35.0 Å². The van der Waals surface area contributed by atoms with E-state index in [2.05, 4.69) is 28.1 Å². The van der Waals surface area contributed by atoms with Crippen molar-refractivity contribution in [1.82, 2.24) is 4.31 Å². The molecule has 5 heteroatoms. The van der Waals surface area contributed by atoms with Gasteiger partial charge in [0, 0.05) is 17.6 Å². The van der Waals surface area contributed by atoms with Crippen molar-refractivity contribution in [3.8, 4) is 0 Å². The van der Waals surface area contributed by atoms with Crippen LogP contribution in [0.4, 0.5) is 0 Å². The number of benzene rings is 1. The largest absolute Gasteiger partial charge is 0.214 e. The number of halogens is 1. The van der Waals surface area contributed by atoms with Crippen LogP contribution in [0.15, 0.2) is 28.7 Å². The van der Waals surface area contributed by atoms with Gasteiger partial charge in [-0.3, -0.25) is 0 Å². The minimum absolute atomic E-state index is 0.262. The summed E-state index contributed by atoms with van der Waals surface area (Å²) in [5.41, 5.74) is 1.22. The molecule has 2 rings (SSSR count). The van der Waals surface area contributed by atoms with Crippen molar-refractivity contribution in [1.29, 1.82) is 0 Å². The summed E-state index contributed by atoms with van der Waals surface area (Å²) in [5, 5.41) is 0. The van der Waals surface area contributed by atoms with E-state index < -0.39 is 10.0 Å². The lowest BCUT2D eigenvalue weighted by atomic mass is 9.99. The molecule has 1 aliphatic rings. The van der Waals surface area contributed by atoms with Crippen molar-refractivity contribution in [2.75, 3.05) is 18.8 Å². The Morgan fingerprint density at radius 2 is 2.22 bits per heavy atom. The van der Waals surface area contributed by atoms with Gasteiger partial charge in [-0.05, 0) is 36.5 Å². The first-order valence-corrected chi connectivity index (χ1v) is 8.66. The normalized spacial score (nSPS) is 21.3. The van der Waals surface area contributed by atoms with Gasteiger partial charge >= 0.3 is 0 Å². The topological polar surface area (TPSA) is 37.4 Å². The van der Waals surface area contributed by atoms with Crippen molar-refractivity contribution >= 4 is 26.0 Å². The first-order chi connectivity index (χ1) is 8.53. The monoisotopic (exact) mass is 331 g/mol. The third-order valence-corrected chi connectivity index (χ3v) is 5.86. The summed E-state index contributed by atoms with van der Waals surface area (Å²) in [6.45, 7) is 3.18. The molecule has 1 heterocycles. The average Bonchev–Trinajstić information content (AvgIpc) is 2.78. The fraction of sp³-hybridized carbons (Fsp3) is 0.538. The van der Waals surface area contributed by atoms with Crippen LogP contribution in [0.2, 0.25) is 0 Å². The molecule has 1 aromatic carbocycles. The summed E-state index contributed by atoms with van der Waals surface area (Å²) >= 11 is 3.46. The molecule has 0 amide bonds. The first-order valence-electron chi connectivity index (χ1n) is 6.26. The molecular formula is C13H18BrNO2S. The molecule has 100 valence electrons. The second kappa shape index (κ2) is 5.72. The van der Waals surface area contributed by atoms with Gasteiger partial charge in [0.25, 0.3) is 0 Å². The zero-order valence-electron chi connectivity index (χ0n) is 10.5. The molecule has 0 aliphatic carbocycles. The van der Waals surface area contributed by atoms with Crippen molar-refractivity contribution in [2.24, 2.45) is 0 Å². The SMILES string of the molecule is CCCS(=O)(=O)N1CCC(c2cccc(Br)c2)C1. The lowest BCUT2D eigenvalue weighted by molar-refractivity contribution is 0.472. The molecule has 18 heavy (non-hydrogen) atoms. The Hall–Kier alpha value is -0.390. The molecule has 1 unspecified atom stereocenters. The predicted octanol–water partition coefficient (Wildman–Crippen LogP) is 2.98. The van der Waals surface area contributed by atoms with Gasteiger partial charge in [-0.15, -0.1) is 0 Å². The minimum atomic E-state index is -3.04. The van der Waals surface area contributed by atoms with E-state index in [1.165, 1.54) is 5.56 Å². The molecule has 0 radical (unpaired) electrons. The van der Waals surface area contributed by atoms with E-state index in [1.54, 1.807) is 4.31 Å². The third kappa shape index (κ3) is 3.13. The van der Waals surface area contributed by atoms with Gasteiger partial charge in [0.05, 0.1) is 5.75 Å². The number of hydrogen-bond acceptors (Lipinski definition) is 2. The standard InChI is InChI=1S/C13H18BrNO2S/c1-2-8-18(16,17)15-7-6-12(10-15)11-4-3-5-13(14)9-11/h3-5,9,12H,2,6-8,10H2,1H3. The molecule has 0 N–H and O–H groups in total. The van der Waals surface area contributed by atoms with Gasteiger partial charge in [0.2, 0.25) is 10.0 Å². The van der Waals surface area contributed by atoms with Crippen molar-refractivity contribution in [3.63, 3.8) is 0 Å². The second-order valence-corrected chi connectivity index (χ2v) is 7.72. The second-order valence-electron chi connectivity index (χ2n) is 4.71. The summed E-state index contributed by atoms with van der Waals surface area (Å²) in [6.07, 6.45) is 1.60. The minimum Gasteiger partial charge on any atom is -0.212 e. The van der Waals surface area contributed by atoms with Crippen LogP contribution in [-0.2, 0) is 10.0 Å². The molecular weight excluding hydrogens is 314 g/mol. The van der Waals surface area contributed by atoms with E-state index in [9.17, 15) is 8.42 Å². The van der Waals surface area contributed by atoms with E-state index in [0.717, 1.165) is 10.9 Å². The molecule has 1 fully saturated rings. The predicted molar refractivity (Wildman–Crippen MR) is 77.2 cm³/mol. The smallest absolute Gasteiger partial charge is 0.212 e. The molecule has 0 bridgehead atoms. The molecule has 0 saturated carbocycles. The van der Waals surface area contributed by atoms with E-state index in [-0.39, 0.29) is 5.75 Å². The van der Waals surface area contributed by atoms with Gasteiger partial charge < -0.3 is 0 Å². The molecule has 3 nitrogen and oxygen atoms in total. The highest BCUT2D eigenvalue weighted by Crippen LogP contribution is 2.30. The zero-order chi connectivity index (χ0) is 13.2. The summed E-state index contributed by atoms with van der Waals surface area (Å²) in [4.78, 5) is 0. The third-order valence-electron chi connectivity index (χ3n) is 3.33. The zero-order valence-corrected chi connectivity index (χ0v) is 12.9. The van der Waals surface area contributed by atoms with E-state index >= 15 is 0 Å². The van der Waals surface area contributed by atoms with Crippen LogP contribution in [0, 0.1) is 0 Å². The van der Waals surface area contributed by atoms with E-state index in [0.29, 0.717) is 25.4 Å². The van der Waals surface area contributed by atoms with Crippen molar-refractivity contribution in [3.05, 3.63) is 34.3 Å². The van der Waals surface area contributed by atoms with Gasteiger partial charge in [-0.25, -0.2) is 12.7 Å². The Morgan fingerprint density at radius 1 is 1.44 bits per heavy atom. The highest BCUT2D eigenvalue weighted by molar-refractivity contribution is 9.10. The van der Waals surface area contributed by atoms with E-state index in [4.69, 9.17) is 0 Å². The maximum absolute atomic E-state index is 12.0. The first kappa shape index (κ1) is 14.0. The maximum atomic E-state index is 12.0. The number of nitrogens with zero attached hydrogens (tertiary/aromatic N) is 1. The number of hydrogen-bond donors (Lipinski definition) is 0. The van der Waals surface area contributed by atoms with Crippen LogP contribution in [0.25, 0.3) is 0 Å². The van der Waals surface area contributed by atoms with Crippen LogP contribution in [0.5, 0.6) is 0 Å². The van der Waals surface area contributed by atoms with Gasteiger partial charge in [0.1, 0.15) is 0 Å². The van der Waals surface area contributed by atoms with E-state index in [1.807, 2.05) is 19.1 Å². The van der Waals surface area contributed by atoms with Crippen LogP contribution in [-0.4, -0.2) is 31.6 Å². The number of sulfonamides is 1. The Labute approximate surface area is 117 Å². The van der Waals surface area contributed by atoms with Gasteiger partial charge in [-0.2, -0.15) is 0 Å². The maximum Gasteiger partial charge on any atom is 0.214 e. The van der Waals surface area contributed by atoms with Crippen molar-refractivity contribution < 1.29 is 8.42 Å². The Bertz CT molecular complexity index is 515. The Kier molecular flexibility index (Phi) is 4.45.